The Balaban J connectivity index is 2.39. The van der Waals surface area contributed by atoms with Crippen molar-refractivity contribution in [3.05, 3.63) is 24.3 Å². The van der Waals surface area contributed by atoms with Crippen LogP contribution in [-0.4, -0.2) is 73.9 Å². The molecule has 0 bridgehead atoms. The summed E-state index contributed by atoms with van der Waals surface area (Å²) in [5.74, 6) is 1.49. The maximum absolute atomic E-state index is 11.7. The van der Waals surface area contributed by atoms with Gasteiger partial charge in [-0.3, -0.25) is 9.69 Å². The number of aliphatic hydroxyl groups excluding tert-OH is 1. The van der Waals surface area contributed by atoms with Crippen LogP contribution in [0, 0.1) is 0 Å². The van der Waals surface area contributed by atoms with Gasteiger partial charge in [-0.2, -0.15) is 0 Å². The molecule has 0 aliphatic heterocycles. The molecule has 130 valence electrons. The predicted octanol–water partition coefficient (Wildman–Crippen LogP) is 1.24. The molecule has 0 saturated heterocycles. The van der Waals surface area contributed by atoms with Crippen LogP contribution in [0.3, 0.4) is 0 Å². The van der Waals surface area contributed by atoms with Crippen molar-refractivity contribution in [2.24, 2.45) is 0 Å². The van der Waals surface area contributed by atoms with Crippen molar-refractivity contribution in [1.29, 1.82) is 0 Å². The van der Waals surface area contributed by atoms with Crippen LogP contribution < -0.4 is 9.47 Å². The average molecular weight is 324 g/mol. The zero-order valence-electron chi connectivity index (χ0n) is 14.5. The van der Waals surface area contributed by atoms with Gasteiger partial charge in [-0.15, -0.1) is 0 Å². The molecule has 0 spiro atoms. The summed E-state index contributed by atoms with van der Waals surface area (Å²) in [5, 5.41) is 10.1. The number of carbonyl (C=O) groups excluding carboxylic acids is 1. The molecule has 0 heterocycles. The monoisotopic (exact) mass is 324 g/mol. The summed E-state index contributed by atoms with van der Waals surface area (Å²) in [6, 6.07) is 7.29. The smallest absolute Gasteiger partial charge is 0.236 e. The Morgan fingerprint density at radius 3 is 2.17 bits per heavy atom. The van der Waals surface area contributed by atoms with Crippen LogP contribution >= 0.6 is 0 Å². The topological polar surface area (TPSA) is 62.2 Å². The number of hydrogen-bond acceptors (Lipinski definition) is 5. The van der Waals surface area contributed by atoms with Gasteiger partial charge in [0.25, 0.3) is 0 Å². The first-order chi connectivity index (χ1) is 11.0. The van der Waals surface area contributed by atoms with Gasteiger partial charge in [-0.05, 0) is 37.7 Å². The first-order valence-electron chi connectivity index (χ1n) is 7.92. The zero-order valence-corrected chi connectivity index (χ0v) is 14.5. The second-order valence-electron chi connectivity index (χ2n) is 5.49. The van der Waals surface area contributed by atoms with Crippen LogP contribution in [0.4, 0.5) is 0 Å². The van der Waals surface area contributed by atoms with Gasteiger partial charge in [0.05, 0.1) is 13.2 Å². The van der Waals surface area contributed by atoms with Gasteiger partial charge in [0, 0.05) is 20.6 Å². The number of amides is 1. The number of carbonyl (C=O) groups is 1. The maximum atomic E-state index is 11.7. The van der Waals surface area contributed by atoms with Crippen LogP contribution in [0.5, 0.6) is 11.5 Å². The van der Waals surface area contributed by atoms with E-state index in [1.165, 1.54) is 0 Å². The van der Waals surface area contributed by atoms with Gasteiger partial charge in [-0.1, -0.05) is 6.92 Å². The minimum atomic E-state index is -0.656. The van der Waals surface area contributed by atoms with E-state index in [4.69, 9.17) is 9.47 Å². The fourth-order valence-corrected chi connectivity index (χ4v) is 1.98. The summed E-state index contributed by atoms with van der Waals surface area (Å²) in [6.07, 6.45) is -0.656. The molecule has 23 heavy (non-hydrogen) atoms. The summed E-state index contributed by atoms with van der Waals surface area (Å²) in [4.78, 5) is 15.2. The minimum absolute atomic E-state index is 0.0199. The molecule has 0 radical (unpaired) electrons. The third-order valence-corrected chi connectivity index (χ3v) is 3.35. The average Bonchev–Trinajstić information content (AvgIpc) is 2.53. The fraction of sp³-hybridized carbons (Fsp3) is 0.588. The Labute approximate surface area is 138 Å². The predicted molar refractivity (Wildman–Crippen MR) is 89.9 cm³/mol. The lowest BCUT2D eigenvalue weighted by Crippen LogP contribution is -2.41. The van der Waals surface area contributed by atoms with Crippen molar-refractivity contribution < 1.29 is 19.4 Å². The number of likely N-dealkylation sites (N-methyl/N-ethyl adjacent to an activating group) is 2. The summed E-state index contributed by atoms with van der Waals surface area (Å²) in [6.45, 7) is 6.08. The third-order valence-electron chi connectivity index (χ3n) is 3.35. The molecule has 1 aromatic carbocycles. The standard InChI is InChI=1S/C17H28N2O4/c1-5-19(12-17(21)18(3)4)11-14(20)13-23-16-9-7-15(8-10-16)22-6-2/h7-10,14,20H,5-6,11-13H2,1-4H3/t14-/m0/s1. The molecule has 0 saturated carbocycles. The Bertz CT molecular complexity index is 462. The van der Waals surface area contributed by atoms with Gasteiger partial charge in [-0.25, -0.2) is 0 Å². The second kappa shape index (κ2) is 10.1. The molecule has 6 heteroatoms. The van der Waals surface area contributed by atoms with E-state index < -0.39 is 6.10 Å². The lowest BCUT2D eigenvalue weighted by Gasteiger charge is -2.24. The second-order valence-corrected chi connectivity index (χ2v) is 5.49. The number of aliphatic hydroxyl groups is 1. The normalized spacial score (nSPS) is 12.1. The summed E-state index contributed by atoms with van der Waals surface area (Å²) in [5.41, 5.74) is 0. The Kier molecular flexibility index (Phi) is 8.43. The van der Waals surface area contributed by atoms with Crippen molar-refractivity contribution in [2.75, 3.05) is 46.9 Å². The minimum Gasteiger partial charge on any atom is -0.494 e. The lowest BCUT2D eigenvalue weighted by atomic mass is 10.3. The number of benzene rings is 1. The fourth-order valence-electron chi connectivity index (χ4n) is 1.98. The van der Waals surface area contributed by atoms with E-state index in [1.807, 2.05) is 43.0 Å². The number of rotatable bonds is 10. The van der Waals surface area contributed by atoms with E-state index in [9.17, 15) is 9.90 Å². The SMILES string of the molecule is CCOc1ccc(OC[C@@H](O)CN(CC)CC(=O)N(C)C)cc1. The Hall–Kier alpha value is -1.79. The highest BCUT2D eigenvalue weighted by Gasteiger charge is 2.15. The van der Waals surface area contributed by atoms with Crippen molar-refractivity contribution in [1.82, 2.24) is 9.80 Å². The highest BCUT2D eigenvalue weighted by atomic mass is 16.5. The van der Waals surface area contributed by atoms with Gasteiger partial charge in [0.15, 0.2) is 0 Å². The largest absolute Gasteiger partial charge is 0.494 e. The van der Waals surface area contributed by atoms with Crippen LogP contribution in [0.1, 0.15) is 13.8 Å². The quantitative estimate of drug-likeness (QED) is 0.701. The van der Waals surface area contributed by atoms with E-state index in [0.29, 0.717) is 32.0 Å². The molecule has 1 atom stereocenters. The molecule has 0 fully saturated rings. The van der Waals surface area contributed by atoms with E-state index in [-0.39, 0.29) is 12.5 Å². The summed E-state index contributed by atoms with van der Waals surface area (Å²) < 4.78 is 10.9. The van der Waals surface area contributed by atoms with Crippen LogP contribution in [0.2, 0.25) is 0 Å². The molecule has 0 unspecified atom stereocenters. The van der Waals surface area contributed by atoms with Crippen molar-refractivity contribution in [3.63, 3.8) is 0 Å². The molecule has 1 N–H and O–H groups in total. The summed E-state index contributed by atoms with van der Waals surface area (Å²) >= 11 is 0. The highest BCUT2D eigenvalue weighted by Crippen LogP contribution is 2.17. The molecule has 1 rings (SSSR count). The number of nitrogens with zero attached hydrogens (tertiary/aromatic N) is 2. The molecule has 0 aromatic heterocycles. The van der Waals surface area contributed by atoms with Crippen molar-refractivity contribution >= 4 is 5.91 Å². The van der Waals surface area contributed by atoms with Crippen LogP contribution in [0.25, 0.3) is 0 Å². The number of ether oxygens (including phenoxy) is 2. The highest BCUT2D eigenvalue weighted by molar-refractivity contribution is 5.77. The van der Waals surface area contributed by atoms with Gasteiger partial charge < -0.3 is 19.5 Å². The molecule has 6 nitrogen and oxygen atoms in total. The maximum Gasteiger partial charge on any atom is 0.236 e. The van der Waals surface area contributed by atoms with Crippen LogP contribution in [-0.2, 0) is 4.79 Å². The van der Waals surface area contributed by atoms with Crippen LogP contribution in [0.15, 0.2) is 24.3 Å². The first-order valence-corrected chi connectivity index (χ1v) is 7.92. The Morgan fingerprint density at radius 2 is 1.70 bits per heavy atom. The van der Waals surface area contributed by atoms with Crippen molar-refractivity contribution in [3.8, 4) is 11.5 Å². The zero-order chi connectivity index (χ0) is 17.2. The third kappa shape index (κ3) is 7.34. The molecular formula is C17H28N2O4. The van der Waals surface area contributed by atoms with Gasteiger partial charge >= 0.3 is 0 Å². The van der Waals surface area contributed by atoms with E-state index in [1.54, 1.807) is 19.0 Å². The molecule has 1 aromatic rings. The first kappa shape index (κ1) is 19.3. The van der Waals surface area contributed by atoms with E-state index >= 15 is 0 Å². The molecular weight excluding hydrogens is 296 g/mol. The van der Waals surface area contributed by atoms with E-state index in [2.05, 4.69) is 0 Å². The van der Waals surface area contributed by atoms with Gasteiger partial charge in [0.2, 0.25) is 5.91 Å². The molecule has 1 amide bonds. The summed E-state index contributed by atoms with van der Waals surface area (Å²) in [7, 11) is 3.45. The molecule has 0 aliphatic rings. The molecule has 0 aliphatic carbocycles. The van der Waals surface area contributed by atoms with E-state index in [0.717, 1.165) is 5.75 Å². The lowest BCUT2D eigenvalue weighted by molar-refractivity contribution is -0.130. The van der Waals surface area contributed by atoms with Crippen molar-refractivity contribution in [2.45, 2.75) is 20.0 Å². The Morgan fingerprint density at radius 1 is 1.13 bits per heavy atom. The number of hydrogen-bond donors (Lipinski definition) is 1. The van der Waals surface area contributed by atoms with Gasteiger partial charge in [0.1, 0.15) is 24.2 Å².